The number of nitrogens with zero attached hydrogens (tertiary/aromatic N) is 2. The lowest BCUT2D eigenvalue weighted by atomic mass is 9.91. The van der Waals surface area contributed by atoms with Gasteiger partial charge in [0.2, 0.25) is 0 Å². The van der Waals surface area contributed by atoms with E-state index < -0.39 is 24.2 Å². The Labute approximate surface area is 246 Å². The van der Waals surface area contributed by atoms with Crippen LogP contribution in [0.3, 0.4) is 0 Å². The smallest absolute Gasteiger partial charge is 0.335 e. The van der Waals surface area contributed by atoms with Crippen LogP contribution in [0.25, 0.3) is 0 Å². The molecule has 4 aromatic carbocycles. The Morgan fingerprint density at radius 1 is 0.643 bits per heavy atom. The monoisotopic (exact) mass is 564 g/mol. The van der Waals surface area contributed by atoms with Crippen molar-refractivity contribution < 1.29 is 24.9 Å². The van der Waals surface area contributed by atoms with Gasteiger partial charge in [-0.15, -0.1) is 0 Å². The summed E-state index contributed by atoms with van der Waals surface area (Å²) in [4.78, 5) is 27.0. The van der Waals surface area contributed by atoms with Gasteiger partial charge in [-0.2, -0.15) is 0 Å². The Bertz CT molecular complexity index is 1440. The molecular formula is C35H36N2O5. The molecule has 7 nitrogen and oxygen atoms in total. The van der Waals surface area contributed by atoms with E-state index in [-0.39, 0.29) is 11.6 Å². The average Bonchev–Trinajstić information content (AvgIpc) is 3.10. The van der Waals surface area contributed by atoms with Crippen LogP contribution in [-0.4, -0.2) is 68.3 Å². The standard InChI is InChI=1S/C35H36N2O5/c38-23-29-13-11-27(12-14-29)21-36-24-37(22-28-15-17-30(18-16-28)35(41)42)32(20-26-9-5-2-6-10-26)34(40)33(39)31(36)19-25-7-3-1-4-8-25/h1-18,23,31-34,39-40H,19-22,24H2,(H,41,42)/t31-,32-,33+,34+/m1/s1. The number of hydrogen-bond acceptors (Lipinski definition) is 6. The summed E-state index contributed by atoms with van der Waals surface area (Å²) in [6.07, 6.45) is -0.177. The van der Waals surface area contributed by atoms with E-state index in [1.54, 1.807) is 36.4 Å². The zero-order chi connectivity index (χ0) is 29.5. The number of carboxylic acid groups (broad SMARTS) is 1. The van der Waals surface area contributed by atoms with Crippen molar-refractivity contribution in [2.45, 2.75) is 50.2 Å². The minimum atomic E-state index is -1.04. The fraction of sp³-hybridized carbons (Fsp3) is 0.257. The first kappa shape index (κ1) is 29.4. The predicted molar refractivity (Wildman–Crippen MR) is 161 cm³/mol. The molecule has 1 saturated heterocycles. The van der Waals surface area contributed by atoms with Gasteiger partial charge in [-0.3, -0.25) is 14.6 Å². The van der Waals surface area contributed by atoms with Gasteiger partial charge >= 0.3 is 5.97 Å². The molecule has 4 atom stereocenters. The Morgan fingerprint density at radius 3 is 1.48 bits per heavy atom. The number of aromatic carboxylic acids is 1. The molecule has 1 fully saturated rings. The molecule has 0 saturated carbocycles. The lowest BCUT2D eigenvalue weighted by Gasteiger charge is -2.35. The molecule has 0 aromatic heterocycles. The third-order valence-electron chi connectivity index (χ3n) is 8.10. The molecule has 0 unspecified atom stereocenters. The number of carbonyl (C=O) groups is 2. The van der Waals surface area contributed by atoms with Crippen LogP contribution in [0.2, 0.25) is 0 Å². The summed E-state index contributed by atoms with van der Waals surface area (Å²) in [5, 5.41) is 33.0. The van der Waals surface area contributed by atoms with Gasteiger partial charge < -0.3 is 15.3 Å². The molecule has 0 radical (unpaired) electrons. The summed E-state index contributed by atoms with van der Waals surface area (Å²) in [6.45, 7) is 1.42. The number of aliphatic hydroxyl groups excluding tert-OH is 2. The van der Waals surface area contributed by atoms with Gasteiger partial charge in [0, 0.05) is 30.7 Å². The number of carbonyl (C=O) groups excluding carboxylic acids is 1. The molecule has 1 aliphatic rings. The molecular weight excluding hydrogens is 528 g/mol. The minimum Gasteiger partial charge on any atom is -0.478 e. The van der Waals surface area contributed by atoms with Crippen LogP contribution in [0.15, 0.2) is 109 Å². The number of benzene rings is 4. The molecule has 1 aliphatic heterocycles. The summed E-state index contributed by atoms with van der Waals surface area (Å²) in [5.41, 5.74) is 4.84. The molecule has 0 spiro atoms. The average molecular weight is 565 g/mol. The second-order valence-corrected chi connectivity index (χ2v) is 11.0. The third-order valence-corrected chi connectivity index (χ3v) is 8.10. The first-order chi connectivity index (χ1) is 20.4. The highest BCUT2D eigenvalue weighted by atomic mass is 16.4. The Hall–Kier alpha value is -4.14. The van der Waals surface area contributed by atoms with Crippen LogP contribution in [-0.2, 0) is 25.9 Å². The zero-order valence-corrected chi connectivity index (χ0v) is 23.4. The molecule has 42 heavy (non-hydrogen) atoms. The highest BCUT2D eigenvalue weighted by molar-refractivity contribution is 5.87. The maximum Gasteiger partial charge on any atom is 0.335 e. The molecule has 216 valence electrons. The number of aliphatic hydroxyl groups is 2. The van der Waals surface area contributed by atoms with E-state index >= 15 is 0 Å². The van der Waals surface area contributed by atoms with Crippen molar-refractivity contribution in [3.63, 3.8) is 0 Å². The van der Waals surface area contributed by atoms with Crippen LogP contribution in [0, 0.1) is 0 Å². The van der Waals surface area contributed by atoms with Crippen LogP contribution in [0.4, 0.5) is 0 Å². The van der Waals surface area contributed by atoms with Crippen molar-refractivity contribution in [1.29, 1.82) is 0 Å². The number of carboxylic acids is 1. The first-order valence-electron chi connectivity index (χ1n) is 14.2. The normalized spacial score (nSPS) is 21.5. The molecule has 0 amide bonds. The molecule has 3 N–H and O–H groups in total. The van der Waals surface area contributed by atoms with Gasteiger partial charge in [0.05, 0.1) is 24.4 Å². The quantitative estimate of drug-likeness (QED) is 0.245. The highest BCUT2D eigenvalue weighted by Gasteiger charge is 2.42. The van der Waals surface area contributed by atoms with Crippen LogP contribution in [0.5, 0.6) is 0 Å². The largest absolute Gasteiger partial charge is 0.478 e. The second kappa shape index (κ2) is 13.7. The Morgan fingerprint density at radius 2 is 1.07 bits per heavy atom. The number of aldehydes is 1. The van der Waals surface area contributed by atoms with Gasteiger partial charge in [-0.1, -0.05) is 97.1 Å². The van der Waals surface area contributed by atoms with Crippen molar-refractivity contribution >= 4 is 12.3 Å². The van der Waals surface area contributed by atoms with Gasteiger partial charge in [0.15, 0.2) is 0 Å². The van der Waals surface area contributed by atoms with E-state index in [9.17, 15) is 24.9 Å². The van der Waals surface area contributed by atoms with Crippen LogP contribution >= 0.6 is 0 Å². The van der Waals surface area contributed by atoms with Gasteiger partial charge in [0.1, 0.15) is 6.29 Å². The summed E-state index contributed by atoms with van der Waals surface area (Å²) < 4.78 is 0. The highest BCUT2D eigenvalue weighted by Crippen LogP contribution is 2.28. The zero-order valence-electron chi connectivity index (χ0n) is 23.4. The van der Waals surface area contributed by atoms with Gasteiger partial charge in [0.25, 0.3) is 0 Å². The van der Waals surface area contributed by atoms with E-state index in [1.165, 1.54) is 0 Å². The molecule has 0 bridgehead atoms. The predicted octanol–water partition coefficient (Wildman–Crippen LogP) is 4.42. The van der Waals surface area contributed by atoms with E-state index in [1.807, 2.05) is 72.8 Å². The van der Waals surface area contributed by atoms with Crippen LogP contribution < -0.4 is 0 Å². The number of hydrogen-bond donors (Lipinski definition) is 3. The molecule has 0 aliphatic carbocycles. The Balaban J connectivity index is 1.52. The SMILES string of the molecule is O=Cc1ccc(CN2CN(Cc3ccc(C(=O)O)cc3)[C@H](Cc3ccccc3)[C@H](O)[C@@H](O)[C@H]2Cc2ccccc2)cc1. The van der Waals surface area contributed by atoms with Gasteiger partial charge in [-0.05, 0) is 47.2 Å². The topological polar surface area (TPSA) is 101 Å². The fourth-order valence-electron chi connectivity index (χ4n) is 5.80. The Kier molecular flexibility index (Phi) is 9.56. The third kappa shape index (κ3) is 7.19. The first-order valence-corrected chi connectivity index (χ1v) is 14.2. The lowest BCUT2D eigenvalue weighted by molar-refractivity contribution is -0.0408. The number of rotatable bonds is 10. The van der Waals surface area contributed by atoms with Crippen molar-refractivity contribution in [2.24, 2.45) is 0 Å². The van der Waals surface area contributed by atoms with Crippen molar-refractivity contribution in [2.75, 3.05) is 6.67 Å². The van der Waals surface area contributed by atoms with Crippen LogP contribution in [0.1, 0.15) is 43.0 Å². The summed E-state index contributed by atoms with van der Waals surface area (Å²) in [7, 11) is 0. The fourth-order valence-corrected chi connectivity index (χ4v) is 5.80. The second-order valence-electron chi connectivity index (χ2n) is 11.0. The van der Waals surface area contributed by atoms with Crippen molar-refractivity contribution in [3.8, 4) is 0 Å². The lowest BCUT2D eigenvalue weighted by Crippen LogP contribution is -2.50. The summed E-state index contributed by atoms with van der Waals surface area (Å²) >= 11 is 0. The summed E-state index contributed by atoms with van der Waals surface area (Å²) in [6, 6.07) is 33.4. The van der Waals surface area contributed by atoms with E-state index in [4.69, 9.17) is 0 Å². The maximum absolute atomic E-state index is 11.8. The van der Waals surface area contributed by atoms with E-state index in [0.717, 1.165) is 28.5 Å². The van der Waals surface area contributed by atoms with E-state index in [0.29, 0.717) is 38.2 Å². The molecule has 7 heteroatoms. The van der Waals surface area contributed by atoms with Crippen molar-refractivity contribution in [1.82, 2.24) is 9.80 Å². The molecule has 4 aromatic rings. The maximum atomic E-state index is 11.8. The van der Waals surface area contributed by atoms with Crippen molar-refractivity contribution in [3.05, 3.63) is 143 Å². The minimum absolute atomic E-state index is 0.217. The summed E-state index contributed by atoms with van der Waals surface area (Å²) in [5.74, 6) is -0.979. The van der Waals surface area contributed by atoms with Gasteiger partial charge in [-0.25, -0.2) is 4.79 Å². The van der Waals surface area contributed by atoms with E-state index in [2.05, 4.69) is 9.80 Å². The molecule has 5 rings (SSSR count). The molecule has 1 heterocycles.